The molecule has 0 saturated carbocycles. The Bertz CT molecular complexity index is 500. The van der Waals surface area contributed by atoms with E-state index in [9.17, 15) is 4.39 Å². The number of halogens is 1. The molecule has 0 amide bonds. The predicted octanol–water partition coefficient (Wildman–Crippen LogP) is 5.05. The van der Waals surface area contributed by atoms with Gasteiger partial charge in [-0.25, -0.2) is 4.39 Å². The van der Waals surface area contributed by atoms with Crippen LogP contribution in [0.3, 0.4) is 0 Å². The van der Waals surface area contributed by atoms with Gasteiger partial charge in [0.25, 0.3) is 0 Å². The summed E-state index contributed by atoms with van der Waals surface area (Å²) in [4.78, 5) is 2.31. The second kappa shape index (κ2) is 8.11. The zero-order chi connectivity index (χ0) is 17.8. The molecule has 1 aliphatic rings. The third-order valence-electron chi connectivity index (χ3n) is 5.75. The lowest BCUT2D eigenvalue weighted by Crippen LogP contribution is -2.50. The molecule has 0 spiro atoms. The number of benzene rings is 1. The molecule has 1 fully saturated rings. The smallest absolute Gasteiger partial charge is 0.192 e. The Morgan fingerprint density at radius 3 is 2.50 bits per heavy atom. The van der Waals surface area contributed by atoms with E-state index in [2.05, 4.69) is 50.9 Å². The number of hydrogen-bond donors (Lipinski definition) is 0. The van der Waals surface area contributed by atoms with Gasteiger partial charge in [-0.05, 0) is 49.5 Å². The topological polar surface area (TPSA) is 12.5 Å². The molecule has 2 nitrogen and oxygen atoms in total. The standard InChI is InChI=1S/C20H34FNOSi/c1-20(2,3)24(4,5)23-15-14-22-13-9-12-18(21)19(22)16-17-10-7-6-8-11-17/h6-8,10-11,18-19H,9,12-16H2,1-5H3/t18-,19+/m1/s1. The molecule has 4 heteroatoms. The third-order valence-corrected chi connectivity index (χ3v) is 10.3. The molecule has 2 atom stereocenters. The van der Waals surface area contributed by atoms with Crippen molar-refractivity contribution in [3.05, 3.63) is 35.9 Å². The van der Waals surface area contributed by atoms with Crippen LogP contribution in [-0.4, -0.2) is 45.1 Å². The molecule has 24 heavy (non-hydrogen) atoms. The van der Waals surface area contributed by atoms with Crippen LogP contribution in [0.15, 0.2) is 30.3 Å². The summed E-state index contributed by atoms with van der Waals surface area (Å²) in [5.41, 5.74) is 1.22. The number of nitrogens with zero attached hydrogens (tertiary/aromatic N) is 1. The van der Waals surface area contributed by atoms with Crippen LogP contribution < -0.4 is 0 Å². The van der Waals surface area contributed by atoms with E-state index in [0.717, 1.165) is 25.9 Å². The van der Waals surface area contributed by atoms with Crippen molar-refractivity contribution in [2.75, 3.05) is 19.7 Å². The van der Waals surface area contributed by atoms with Gasteiger partial charge >= 0.3 is 0 Å². The van der Waals surface area contributed by atoms with Gasteiger partial charge in [-0.3, -0.25) is 4.90 Å². The molecule has 1 saturated heterocycles. The first kappa shape index (κ1) is 19.6. The summed E-state index contributed by atoms with van der Waals surface area (Å²) >= 11 is 0. The van der Waals surface area contributed by atoms with Crippen LogP contribution in [0.5, 0.6) is 0 Å². The maximum Gasteiger partial charge on any atom is 0.192 e. The molecular weight excluding hydrogens is 317 g/mol. The quantitative estimate of drug-likeness (QED) is 0.665. The summed E-state index contributed by atoms with van der Waals surface area (Å²) in [6, 6.07) is 10.3. The Morgan fingerprint density at radius 1 is 1.21 bits per heavy atom. The fourth-order valence-electron chi connectivity index (χ4n) is 3.10. The lowest BCUT2D eigenvalue weighted by atomic mass is 9.94. The molecule has 0 bridgehead atoms. The minimum atomic E-state index is -1.72. The molecular formula is C20H34FNOSi. The van der Waals surface area contributed by atoms with Crippen LogP contribution in [-0.2, 0) is 10.8 Å². The first-order valence-electron chi connectivity index (χ1n) is 9.27. The maximum absolute atomic E-state index is 14.6. The van der Waals surface area contributed by atoms with Gasteiger partial charge in [-0.1, -0.05) is 51.1 Å². The molecule has 0 aliphatic carbocycles. The van der Waals surface area contributed by atoms with Crippen molar-refractivity contribution in [2.24, 2.45) is 0 Å². The van der Waals surface area contributed by atoms with E-state index in [1.807, 2.05) is 18.2 Å². The first-order valence-corrected chi connectivity index (χ1v) is 12.2. The summed E-state index contributed by atoms with van der Waals surface area (Å²) in [7, 11) is -1.72. The van der Waals surface area contributed by atoms with Crippen molar-refractivity contribution < 1.29 is 8.82 Å². The Morgan fingerprint density at radius 2 is 1.88 bits per heavy atom. The molecule has 0 unspecified atom stereocenters. The zero-order valence-corrected chi connectivity index (χ0v) is 17.0. The summed E-state index contributed by atoms with van der Waals surface area (Å²) in [5, 5.41) is 0.223. The summed E-state index contributed by atoms with van der Waals surface area (Å²) in [6.45, 7) is 13.9. The second-order valence-corrected chi connectivity index (χ2v) is 13.4. The highest BCUT2D eigenvalue weighted by Gasteiger charge is 2.37. The molecule has 136 valence electrons. The average molecular weight is 352 g/mol. The van der Waals surface area contributed by atoms with Crippen molar-refractivity contribution in [1.29, 1.82) is 0 Å². The normalized spacial score (nSPS) is 23.4. The van der Waals surface area contributed by atoms with E-state index in [1.54, 1.807) is 0 Å². The van der Waals surface area contributed by atoms with Gasteiger partial charge in [0, 0.05) is 19.2 Å². The van der Waals surface area contributed by atoms with Crippen molar-refractivity contribution in [2.45, 2.75) is 70.4 Å². The number of piperidine rings is 1. The third kappa shape index (κ3) is 5.14. The van der Waals surface area contributed by atoms with E-state index < -0.39 is 14.5 Å². The number of rotatable bonds is 6. The molecule has 1 aliphatic heterocycles. The van der Waals surface area contributed by atoms with Gasteiger partial charge in [0.1, 0.15) is 6.17 Å². The number of alkyl halides is 1. The van der Waals surface area contributed by atoms with E-state index in [4.69, 9.17) is 4.43 Å². The average Bonchev–Trinajstić information content (AvgIpc) is 2.50. The number of hydrogen-bond acceptors (Lipinski definition) is 2. The largest absolute Gasteiger partial charge is 0.416 e. The van der Waals surface area contributed by atoms with Gasteiger partial charge in [0.05, 0.1) is 0 Å². The Kier molecular flexibility index (Phi) is 6.63. The maximum atomic E-state index is 14.6. The van der Waals surface area contributed by atoms with Gasteiger partial charge in [0.2, 0.25) is 0 Å². The van der Waals surface area contributed by atoms with Gasteiger partial charge in [-0.2, -0.15) is 0 Å². The van der Waals surface area contributed by atoms with Crippen LogP contribution in [0.1, 0.15) is 39.2 Å². The molecule has 1 aromatic carbocycles. The molecule has 1 heterocycles. The second-order valence-electron chi connectivity index (χ2n) is 8.56. The van der Waals surface area contributed by atoms with Crippen molar-refractivity contribution in [1.82, 2.24) is 4.90 Å². The van der Waals surface area contributed by atoms with Crippen LogP contribution in [0.4, 0.5) is 4.39 Å². The Labute approximate surface area is 148 Å². The lowest BCUT2D eigenvalue weighted by molar-refractivity contribution is 0.0531. The fourth-order valence-corrected chi connectivity index (χ4v) is 4.14. The van der Waals surface area contributed by atoms with Gasteiger partial charge < -0.3 is 4.43 Å². The monoisotopic (exact) mass is 351 g/mol. The van der Waals surface area contributed by atoms with Crippen LogP contribution in [0.25, 0.3) is 0 Å². The van der Waals surface area contributed by atoms with Crippen LogP contribution in [0.2, 0.25) is 18.1 Å². The van der Waals surface area contributed by atoms with Crippen LogP contribution in [0, 0.1) is 0 Å². The summed E-state index contributed by atoms with van der Waals surface area (Å²) in [5.74, 6) is 0. The molecule has 0 radical (unpaired) electrons. The van der Waals surface area contributed by atoms with Crippen molar-refractivity contribution >= 4 is 8.32 Å². The fraction of sp³-hybridized carbons (Fsp3) is 0.700. The van der Waals surface area contributed by atoms with Crippen molar-refractivity contribution in [3.8, 4) is 0 Å². The van der Waals surface area contributed by atoms with Gasteiger partial charge in [0.15, 0.2) is 8.32 Å². The lowest BCUT2D eigenvalue weighted by Gasteiger charge is -2.40. The summed E-state index contributed by atoms with van der Waals surface area (Å²) < 4.78 is 20.9. The molecule has 0 aromatic heterocycles. The molecule has 2 rings (SSSR count). The van der Waals surface area contributed by atoms with Crippen molar-refractivity contribution in [3.63, 3.8) is 0 Å². The van der Waals surface area contributed by atoms with E-state index in [0.29, 0.717) is 13.0 Å². The minimum Gasteiger partial charge on any atom is -0.416 e. The SMILES string of the molecule is CC(C)(C)[Si](C)(C)OCCN1CCC[C@@H](F)[C@@H]1Cc1ccccc1. The van der Waals surface area contributed by atoms with E-state index in [-0.39, 0.29) is 11.1 Å². The molecule has 0 N–H and O–H groups in total. The van der Waals surface area contributed by atoms with E-state index in [1.165, 1.54) is 5.56 Å². The number of likely N-dealkylation sites (tertiary alicyclic amines) is 1. The zero-order valence-electron chi connectivity index (χ0n) is 16.0. The first-order chi connectivity index (χ1) is 11.2. The molecule has 1 aromatic rings. The predicted molar refractivity (Wildman–Crippen MR) is 103 cm³/mol. The Hall–Kier alpha value is -0.713. The van der Waals surface area contributed by atoms with Gasteiger partial charge in [-0.15, -0.1) is 0 Å². The Balaban J connectivity index is 1.94. The van der Waals surface area contributed by atoms with Crippen LogP contribution >= 0.6 is 0 Å². The highest BCUT2D eigenvalue weighted by atomic mass is 28.4. The minimum absolute atomic E-state index is 0.0100. The highest BCUT2D eigenvalue weighted by Crippen LogP contribution is 2.36. The highest BCUT2D eigenvalue weighted by molar-refractivity contribution is 6.74. The van der Waals surface area contributed by atoms with E-state index >= 15 is 0 Å². The summed E-state index contributed by atoms with van der Waals surface area (Å²) in [6.07, 6.45) is 1.71.